The monoisotopic (exact) mass is 1100 g/mol. The minimum atomic E-state index is -4.00. The van der Waals surface area contributed by atoms with Crippen molar-refractivity contribution in [3.05, 3.63) is 59.8 Å². The van der Waals surface area contributed by atoms with E-state index in [9.17, 15) is 47.7 Å². The molecule has 2 bridgehead atoms. The van der Waals surface area contributed by atoms with Gasteiger partial charge >= 0.3 is 11.9 Å². The SMILES string of the molecule is C=C1[C@H](C)C[C@H](C)/C=C/C=C/C=C(\C)[C@@H](OC)C[C@@H]2CC[C@@H](C)[C@@](O)(O2)C(=O)C(=O)N2CCCC[C@H]2C(=O)O[C@H]([C@H](C)C[C@@H]2CC[C@@H](OC(=O)CS(=O)(=O)N3CC[C@@H](O)C3)[C@H](OC)C2)CC(=O)[C@H](C)/C=C(\C)[C@@H](O)[C@H]1OC. The summed E-state index contributed by atoms with van der Waals surface area (Å²) in [5.41, 5.74) is 2.09. The minimum absolute atomic E-state index is 0.0414. The molecule has 0 aromatic rings. The summed E-state index contributed by atoms with van der Waals surface area (Å²) in [6.45, 7) is 17.4. The summed E-state index contributed by atoms with van der Waals surface area (Å²) < 4.78 is 62.7. The van der Waals surface area contributed by atoms with Gasteiger partial charge in [-0.25, -0.2) is 13.2 Å². The van der Waals surface area contributed by atoms with E-state index in [1.807, 2.05) is 45.1 Å². The Morgan fingerprint density at radius 1 is 0.870 bits per heavy atom. The summed E-state index contributed by atoms with van der Waals surface area (Å²) in [5.74, 6) is -9.46. The molecule has 5 rings (SSSR count). The fourth-order valence-electron chi connectivity index (χ4n) is 11.8. The largest absolute Gasteiger partial charge is 0.460 e. The number of ketones is 2. The van der Waals surface area contributed by atoms with Crippen molar-refractivity contribution in [1.29, 1.82) is 0 Å². The number of carbonyl (C=O) groups is 5. The van der Waals surface area contributed by atoms with Gasteiger partial charge in [0.2, 0.25) is 15.8 Å². The molecule has 1 aliphatic carbocycles. The summed E-state index contributed by atoms with van der Waals surface area (Å²) in [6, 6.07) is -1.20. The summed E-state index contributed by atoms with van der Waals surface area (Å²) >= 11 is 0. The van der Waals surface area contributed by atoms with Gasteiger partial charge in [0.15, 0.2) is 5.75 Å². The zero-order valence-corrected chi connectivity index (χ0v) is 48.1. The Bertz CT molecular complexity index is 2300. The first-order valence-electron chi connectivity index (χ1n) is 27.8. The van der Waals surface area contributed by atoms with E-state index in [0.29, 0.717) is 68.9 Å². The van der Waals surface area contributed by atoms with Crippen LogP contribution in [0.3, 0.4) is 0 Å². The van der Waals surface area contributed by atoms with Gasteiger partial charge in [0.05, 0.1) is 24.4 Å². The van der Waals surface area contributed by atoms with E-state index >= 15 is 0 Å². The van der Waals surface area contributed by atoms with Crippen LogP contribution in [0.4, 0.5) is 0 Å². The van der Waals surface area contributed by atoms with E-state index in [0.717, 1.165) is 16.3 Å². The standard InChI is InChI=1S/C58H90N2O16S/c1-35-17-13-12-14-18-36(2)49(71-9)31-45-22-20-41(7)58(68,76-45)55(65)56(66)60-25-16-15-19-46(60)57(67)75-50(32-47(62)38(4)28-40(6)53(64)54(73-11)42(8)37(3)27-35)39(5)29-43-21-23-48(51(30-43)72-10)74-52(63)34-77(69,70)59-26-24-44(61)33-59/h12-14,17-18,28,35,37-39,41,43-46,48-51,53-54,61,64,68H,8,15-16,19-27,29-34H2,1-7,9-11H3/b14-12+,17-13+,36-18+,40-28+/t35-,37-,38-,39-,41-,43+,44-,45+,46+,48-,49+,50+,51-,53-,54+,58-/m1/s1. The maximum Gasteiger partial charge on any atom is 0.329 e. The molecule has 3 N–H and O–H groups in total. The van der Waals surface area contributed by atoms with Crippen molar-refractivity contribution in [2.24, 2.45) is 35.5 Å². The van der Waals surface area contributed by atoms with E-state index in [4.69, 9.17) is 28.4 Å². The van der Waals surface area contributed by atoms with Crippen LogP contribution >= 0.6 is 0 Å². The van der Waals surface area contributed by atoms with Crippen molar-refractivity contribution in [2.45, 2.75) is 193 Å². The van der Waals surface area contributed by atoms with Gasteiger partial charge in [-0.3, -0.25) is 19.2 Å². The highest BCUT2D eigenvalue weighted by molar-refractivity contribution is 7.89. The van der Waals surface area contributed by atoms with Crippen LogP contribution in [0.15, 0.2) is 59.8 Å². The number of Topliss-reactive ketones (excluding diaryl/α,β-unsaturated/α-hetero) is 2. The molecule has 19 heteroatoms. The van der Waals surface area contributed by atoms with Crippen molar-refractivity contribution >= 4 is 39.4 Å². The molecule has 0 aromatic carbocycles. The number of amides is 1. The lowest BCUT2D eigenvalue weighted by molar-refractivity contribution is -0.265. The molecular weight excluding hydrogens is 1010 g/mol. The van der Waals surface area contributed by atoms with Crippen LogP contribution < -0.4 is 0 Å². The van der Waals surface area contributed by atoms with Crippen LogP contribution in [0.2, 0.25) is 0 Å². The molecular formula is C58H90N2O16S. The maximum absolute atomic E-state index is 14.6. The van der Waals surface area contributed by atoms with Crippen molar-refractivity contribution < 1.29 is 76.1 Å². The molecule has 1 saturated carbocycles. The lowest BCUT2D eigenvalue weighted by Crippen LogP contribution is -2.61. The fourth-order valence-corrected chi connectivity index (χ4v) is 13.1. The number of allylic oxidation sites excluding steroid dienone is 6. The molecule has 0 aromatic heterocycles. The molecule has 0 spiro atoms. The Morgan fingerprint density at radius 3 is 2.26 bits per heavy atom. The molecule has 0 radical (unpaired) electrons. The number of rotatable bonds is 10. The number of β-amino-alcohol motifs (C(OH)–C–C–N with tert-alkyl or cyclic N) is 1. The number of ether oxygens (including phenoxy) is 6. The summed E-state index contributed by atoms with van der Waals surface area (Å²) in [6.07, 6.45) is 10.4. The molecule has 0 unspecified atom stereocenters. The van der Waals surface area contributed by atoms with E-state index < -0.39 is 118 Å². The number of sulfonamides is 1. The van der Waals surface area contributed by atoms with Gasteiger partial charge in [0, 0.05) is 65.6 Å². The fraction of sp³-hybridized carbons (Fsp3) is 0.741. The molecule has 4 fully saturated rings. The second-order valence-electron chi connectivity index (χ2n) is 22.8. The van der Waals surface area contributed by atoms with Crippen LogP contribution in [0.25, 0.3) is 0 Å². The lowest BCUT2D eigenvalue weighted by atomic mass is 9.78. The lowest BCUT2D eigenvalue weighted by Gasteiger charge is -2.42. The van der Waals surface area contributed by atoms with Crippen molar-refractivity contribution in [3.63, 3.8) is 0 Å². The van der Waals surface area contributed by atoms with Gasteiger partial charge in [0.25, 0.3) is 11.7 Å². The molecule has 4 heterocycles. The topological polar surface area (TPSA) is 242 Å². The maximum atomic E-state index is 14.6. The number of methoxy groups -OCH3 is 3. The molecule has 1 amide bonds. The first-order valence-corrected chi connectivity index (χ1v) is 29.4. The number of aliphatic hydroxyl groups excluding tert-OH is 2. The number of hydrogen-bond acceptors (Lipinski definition) is 16. The van der Waals surface area contributed by atoms with Crippen LogP contribution in [-0.4, -0.2) is 170 Å². The highest BCUT2D eigenvalue weighted by atomic mass is 32.2. The first kappa shape index (κ1) is 63.9. The molecule has 5 aliphatic rings. The zero-order chi connectivity index (χ0) is 56.9. The number of piperidine rings is 1. The van der Waals surface area contributed by atoms with Gasteiger partial charge in [-0.05, 0) is 125 Å². The Labute approximate surface area is 457 Å². The molecule has 77 heavy (non-hydrogen) atoms. The predicted octanol–water partition coefficient (Wildman–Crippen LogP) is 6.12. The van der Waals surface area contributed by atoms with Gasteiger partial charge in [0.1, 0.15) is 36.2 Å². The van der Waals surface area contributed by atoms with Crippen LogP contribution in [0.1, 0.15) is 132 Å². The first-order chi connectivity index (χ1) is 36.3. The van der Waals surface area contributed by atoms with Crippen LogP contribution in [0, 0.1) is 35.5 Å². The van der Waals surface area contributed by atoms with E-state index in [1.165, 1.54) is 19.1 Å². The number of nitrogens with zero attached hydrogens (tertiary/aromatic N) is 2. The highest BCUT2D eigenvalue weighted by Crippen LogP contribution is 2.38. The average Bonchev–Trinajstić information content (AvgIpc) is 3.85. The average molecular weight is 1100 g/mol. The number of esters is 2. The number of fused-ring (bicyclic) bond motifs is 3. The summed E-state index contributed by atoms with van der Waals surface area (Å²) in [5, 5.41) is 33.6. The Hall–Kier alpha value is -3.92. The van der Waals surface area contributed by atoms with Crippen molar-refractivity contribution in [1.82, 2.24) is 9.21 Å². The third kappa shape index (κ3) is 17.1. The normalized spacial score (nSPS) is 38.4. The van der Waals surface area contributed by atoms with E-state index in [-0.39, 0.29) is 62.4 Å². The summed E-state index contributed by atoms with van der Waals surface area (Å²) in [7, 11) is 0.576. The van der Waals surface area contributed by atoms with Crippen molar-refractivity contribution in [2.75, 3.05) is 46.7 Å². The van der Waals surface area contributed by atoms with Gasteiger partial charge in [-0.1, -0.05) is 77.7 Å². The molecule has 18 nitrogen and oxygen atoms in total. The number of cyclic esters (lactones) is 1. The summed E-state index contributed by atoms with van der Waals surface area (Å²) in [4.78, 5) is 71.9. The van der Waals surface area contributed by atoms with Gasteiger partial charge in [-0.2, -0.15) is 4.31 Å². The molecule has 4 aliphatic heterocycles. The Kier molecular flexibility index (Phi) is 24.1. The van der Waals surface area contributed by atoms with E-state index in [2.05, 4.69) is 19.6 Å². The number of carbonyl (C=O) groups excluding carboxylic acids is 5. The van der Waals surface area contributed by atoms with E-state index in [1.54, 1.807) is 34.0 Å². The molecule has 3 saturated heterocycles. The second-order valence-corrected chi connectivity index (χ2v) is 24.7. The minimum Gasteiger partial charge on any atom is -0.460 e. The Morgan fingerprint density at radius 2 is 1.60 bits per heavy atom. The van der Waals surface area contributed by atoms with Crippen LogP contribution in [0.5, 0.6) is 0 Å². The third-order valence-corrected chi connectivity index (χ3v) is 18.5. The number of hydrogen-bond donors (Lipinski definition) is 3. The van der Waals surface area contributed by atoms with Gasteiger partial charge in [-0.15, -0.1) is 0 Å². The smallest absolute Gasteiger partial charge is 0.329 e. The highest BCUT2D eigenvalue weighted by Gasteiger charge is 2.53. The quantitative estimate of drug-likeness (QED) is 0.127. The van der Waals surface area contributed by atoms with Crippen molar-refractivity contribution in [3.8, 4) is 0 Å². The Balaban J connectivity index is 1.42. The number of aliphatic hydroxyl groups is 3. The predicted molar refractivity (Wildman–Crippen MR) is 289 cm³/mol. The molecule has 16 atom stereocenters. The van der Waals surface area contributed by atoms with Crippen LogP contribution in [-0.2, 0) is 62.4 Å². The molecule has 434 valence electrons. The van der Waals surface area contributed by atoms with Gasteiger partial charge < -0.3 is 48.6 Å². The third-order valence-electron chi connectivity index (χ3n) is 16.8. The second kappa shape index (κ2) is 29.0. The zero-order valence-electron chi connectivity index (χ0n) is 47.3.